The minimum atomic E-state index is 0. The van der Waals surface area contributed by atoms with Gasteiger partial charge in [0.15, 0.2) is 0 Å². The smallest absolute Gasteiger partial charge is 0.316 e. The zero-order valence-electron chi connectivity index (χ0n) is 9.56. The summed E-state index contributed by atoms with van der Waals surface area (Å²) >= 11 is 5.68. The number of ether oxygens (including phenoxy) is 1. The van der Waals surface area contributed by atoms with Crippen LogP contribution in [0, 0.1) is 5.92 Å². The van der Waals surface area contributed by atoms with Crippen LogP contribution in [0.1, 0.15) is 19.3 Å². The van der Waals surface area contributed by atoms with Gasteiger partial charge in [0.05, 0.1) is 24.0 Å². The lowest BCUT2D eigenvalue weighted by molar-refractivity contribution is 0.238. The lowest BCUT2D eigenvalue weighted by Crippen LogP contribution is -2.28. The molecule has 0 saturated carbocycles. The standard InChI is InChI=1S/C11H16ClN3O.ClH/c12-10-7-14-11(15-8-10)16-6-3-9-1-4-13-5-2-9;/h7-9,13H,1-6H2;1H. The lowest BCUT2D eigenvalue weighted by Gasteiger charge is -2.22. The molecule has 0 spiro atoms. The van der Waals surface area contributed by atoms with Gasteiger partial charge < -0.3 is 10.1 Å². The van der Waals surface area contributed by atoms with Gasteiger partial charge in [-0.05, 0) is 38.3 Å². The van der Waals surface area contributed by atoms with Crippen LogP contribution in [-0.2, 0) is 0 Å². The van der Waals surface area contributed by atoms with E-state index in [0.717, 1.165) is 25.4 Å². The zero-order chi connectivity index (χ0) is 11.2. The Kier molecular flexibility index (Phi) is 6.55. The maximum absolute atomic E-state index is 5.68. The summed E-state index contributed by atoms with van der Waals surface area (Å²) in [5.41, 5.74) is 0. The fourth-order valence-corrected chi connectivity index (χ4v) is 1.96. The summed E-state index contributed by atoms with van der Waals surface area (Å²) in [5, 5.41) is 3.88. The maximum Gasteiger partial charge on any atom is 0.316 e. The van der Waals surface area contributed by atoms with Gasteiger partial charge in [-0.15, -0.1) is 12.4 Å². The van der Waals surface area contributed by atoms with Crippen molar-refractivity contribution in [3.63, 3.8) is 0 Å². The van der Waals surface area contributed by atoms with Crippen LogP contribution in [0.25, 0.3) is 0 Å². The summed E-state index contributed by atoms with van der Waals surface area (Å²) in [6, 6.07) is 0.415. The summed E-state index contributed by atoms with van der Waals surface area (Å²) in [7, 11) is 0. The fraction of sp³-hybridized carbons (Fsp3) is 0.636. The van der Waals surface area contributed by atoms with Gasteiger partial charge in [0.2, 0.25) is 0 Å². The largest absolute Gasteiger partial charge is 0.463 e. The first-order valence-electron chi connectivity index (χ1n) is 5.65. The topological polar surface area (TPSA) is 47.0 Å². The molecule has 0 unspecified atom stereocenters. The Hall–Kier alpha value is -0.580. The van der Waals surface area contributed by atoms with Crippen molar-refractivity contribution in [1.29, 1.82) is 0 Å². The van der Waals surface area contributed by atoms with E-state index in [1.54, 1.807) is 12.4 Å². The van der Waals surface area contributed by atoms with Crippen molar-refractivity contribution in [3.8, 4) is 6.01 Å². The van der Waals surface area contributed by atoms with Crippen LogP contribution < -0.4 is 10.1 Å². The number of hydrogen-bond donors (Lipinski definition) is 1. The summed E-state index contributed by atoms with van der Waals surface area (Å²) < 4.78 is 5.46. The van der Waals surface area contributed by atoms with Crippen molar-refractivity contribution in [2.75, 3.05) is 19.7 Å². The molecule has 1 saturated heterocycles. The number of nitrogens with one attached hydrogen (secondary N) is 1. The molecule has 0 aliphatic carbocycles. The zero-order valence-corrected chi connectivity index (χ0v) is 11.1. The van der Waals surface area contributed by atoms with E-state index in [-0.39, 0.29) is 12.4 Å². The van der Waals surface area contributed by atoms with Gasteiger partial charge in [0.25, 0.3) is 0 Å². The number of nitrogens with zero attached hydrogens (tertiary/aromatic N) is 2. The highest BCUT2D eigenvalue weighted by Crippen LogP contribution is 2.16. The van der Waals surface area contributed by atoms with Crippen molar-refractivity contribution in [2.24, 2.45) is 5.92 Å². The molecule has 0 atom stereocenters. The first kappa shape index (κ1) is 14.5. The Balaban J connectivity index is 0.00000144. The van der Waals surface area contributed by atoms with E-state index in [4.69, 9.17) is 16.3 Å². The van der Waals surface area contributed by atoms with E-state index in [0.29, 0.717) is 17.6 Å². The lowest BCUT2D eigenvalue weighted by atomic mass is 9.95. The molecule has 6 heteroatoms. The first-order valence-corrected chi connectivity index (χ1v) is 6.03. The molecule has 0 amide bonds. The van der Waals surface area contributed by atoms with Gasteiger partial charge in [0, 0.05) is 0 Å². The Morgan fingerprint density at radius 2 is 1.94 bits per heavy atom. The fourth-order valence-electron chi connectivity index (χ4n) is 1.86. The molecule has 1 fully saturated rings. The van der Waals surface area contributed by atoms with Crippen LogP contribution in [0.3, 0.4) is 0 Å². The quantitative estimate of drug-likeness (QED) is 0.918. The van der Waals surface area contributed by atoms with Crippen molar-refractivity contribution in [3.05, 3.63) is 17.4 Å². The average molecular weight is 278 g/mol. The molecule has 0 bridgehead atoms. The van der Waals surface area contributed by atoms with Crippen LogP contribution in [0.5, 0.6) is 6.01 Å². The summed E-state index contributed by atoms with van der Waals surface area (Å²) in [6.07, 6.45) is 6.66. The highest BCUT2D eigenvalue weighted by molar-refractivity contribution is 6.30. The third-order valence-electron chi connectivity index (χ3n) is 2.81. The van der Waals surface area contributed by atoms with Crippen molar-refractivity contribution in [2.45, 2.75) is 19.3 Å². The Morgan fingerprint density at radius 1 is 1.29 bits per heavy atom. The van der Waals surface area contributed by atoms with E-state index in [2.05, 4.69) is 15.3 Å². The average Bonchev–Trinajstić information content (AvgIpc) is 2.33. The minimum absolute atomic E-state index is 0. The molecule has 0 radical (unpaired) electrons. The van der Waals surface area contributed by atoms with Gasteiger partial charge in [-0.25, -0.2) is 9.97 Å². The van der Waals surface area contributed by atoms with Crippen LogP contribution in [0.4, 0.5) is 0 Å². The van der Waals surface area contributed by atoms with E-state index in [9.17, 15) is 0 Å². The number of rotatable bonds is 4. The molecular weight excluding hydrogens is 261 g/mol. The van der Waals surface area contributed by atoms with Crippen LogP contribution in [0.2, 0.25) is 5.02 Å². The summed E-state index contributed by atoms with van der Waals surface area (Å²) in [4.78, 5) is 7.97. The van der Waals surface area contributed by atoms with Crippen LogP contribution in [-0.4, -0.2) is 29.7 Å². The summed E-state index contributed by atoms with van der Waals surface area (Å²) in [6.45, 7) is 2.94. The predicted octanol–water partition coefficient (Wildman–Crippen LogP) is 2.32. The highest BCUT2D eigenvalue weighted by Gasteiger charge is 2.12. The maximum atomic E-state index is 5.68. The van der Waals surface area contributed by atoms with Crippen LogP contribution in [0.15, 0.2) is 12.4 Å². The van der Waals surface area contributed by atoms with Crippen molar-refractivity contribution >= 4 is 24.0 Å². The van der Waals surface area contributed by atoms with E-state index < -0.39 is 0 Å². The van der Waals surface area contributed by atoms with E-state index in [1.807, 2.05) is 0 Å². The normalized spacial score (nSPS) is 16.3. The second-order valence-electron chi connectivity index (χ2n) is 4.01. The van der Waals surface area contributed by atoms with Crippen molar-refractivity contribution < 1.29 is 4.74 Å². The molecule has 17 heavy (non-hydrogen) atoms. The first-order chi connectivity index (χ1) is 7.84. The Bertz CT molecular complexity index is 315. The molecular formula is C11H17Cl2N3O. The third-order valence-corrected chi connectivity index (χ3v) is 3.01. The number of aromatic nitrogens is 2. The molecule has 1 aliphatic rings. The predicted molar refractivity (Wildman–Crippen MR) is 70.0 cm³/mol. The second kappa shape index (κ2) is 7.69. The molecule has 2 rings (SSSR count). The van der Waals surface area contributed by atoms with Gasteiger partial charge in [-0.2, -0.15) is 0 Å². The van der Waals surface area contributed by atoms with E-state index >= 15 is 0 Å². The Labute approximate surface area is 113 Å². The summed E-state index contributed by atoms with van der Waals surface area (Å²) in [5.74, 6) is 0.772. The van der Waals surface area contributed by atoms with Gasteiger partial charge in [-0.1, -0.05) is 11.6 Å². The molecule has 1 aliphatic heterocycles. The monoisotopic (exact) mass is 277 g/mol. The number of piperidine rings is 1. The van der Waals surface area contributed by atoms with Gasteiger partial charge >= 0.3 is 6.01 Å². The third kappa shape index (κ3) is 5.06. The van der Waals surface area contributed by atoms with Gasteiger partial charge in [-0.3, -0.25) is 0 Å². The number of hydrogen-bond acceptors (Lipinski definition) is 4. The molecule has 2 heterocycles. The highest BCUT2D eigenvalue weighted by atomic mass is 35.5. The number of halogens is 2. The Morgan fingerprint density at radius 3 is 2.59 bits per heavy atom. The molecule has 0 aromatic carbocycles. The molecule has 1 N–H and O–H groups in total. The minimum Gasteiger partial charge on any atom is -0.463 e. The SMILES string of the molecule is Cl.Clc1cnc(OCCC2CCNCC2)nc1. The van der Waals surface area contributed by atoms with Gasteiger partial charge in [0.1, 0.15) is 0 Å². The van der Waals surface area contributed by atoms with E-state index in [1.165, 1.54) is 12.8 Å². The van der Waals surface area contributed by atoms with Crippen LogP contribution >= 0.6 is 24.0 Å². The molecule has 1 aromatic heterocycles. The molecule has 4 nitrogen and oxygen atoms in total. The molecule has 1 aromatic rings. The molecule has 96 valence electrons. The van der Waals surface area contributed by atoms with Crippen molar-refractivity contribution in [1.82, 2.24) is 15.3 Å². The second-order valence-corrected chi connectivity index (χ2v) is 4.45.